The standard InChI is InChI=1S/C15H16ClNOS/c1-10-7-14(19-11(10)2)15(18)17-9-13-5-3-12(8-16)4-6-13/h3-7H,8-9H2,1-2H3,(H,17,18). The molecule has 1 N–H and O–H groups in total. The highest BCUT2D eigenvalue weighted by Crippen LogP contribution is 2.20. The van der Waals surface area contributed by atoms with Crippen LogP contribution in [-0.4, -0.2) is 5.91 Å². The van der Waals surface area contributed by atoms with Crippen LogP contribution in [0.5, 0.6) is 0 Å². The average Bonchev–Trinajstić information content (AvgIpc) is 2.77. The molecule has 1 heterocycles. The second-order valence-corrected chi connectivity index (χ2v) is 6.01. The summed E-state index contributed by atoms with van der Waals surface area (Å²) in [6.07, 6.45) is 0. The zero-order valence-corrected chi connectivity index (χ0v) is 12.6. The number of alkyl halides is 1. The summed E-state index contributed by atoms with van der Waals surface area (Å²) in [5.74, 6) is 0.503. The van der Waals surface area contributed by atoms with E-state index < -0.39 is 0 Å². The van der Waals surface area contributed by atoms with E-state index >= 15 is 0 Å². The van der Waals surface area contributed by atoms with Crippen LogP contribution >= 0.6 is 22.9 Å². The Hall–Kier alpha value is -1.32. The number of hydrogen-bond donors (Lipinski definition) is 1. The van der Waals surface area contributed by atoms with Gasteiger partial charge >= 0.3 is 0 Å². The van der Waals surface area contributed by atoms with Crippen LogP contribution in [0.3, 0.4) is 0 Å². The summed E-state index contributed by atoms with van der Waals surface area (Å²) >= 11 is 7.27. The minimum atomic E-state index is -0.0115. The first-order valence-corrected chi connectivity index (χ1v) is 7.44. The third-order valence-corrected chi connectivity index (χ3v) is 4.48. The highest BCUT2D eigenvalue weighted by molar-refractivity contribution is 7.14. The summed E-state index contributed by atoms with van der Waals surface area (Å²) in [4.78, 5) is 13.9. The first kappa shape index (κ1) is 14.1. The first-order chi connectivity index (χ1) is 9.10. The second kappa shape index (κ2) is 6.22. The molecule has 0 unspecified atom stereocenters. The van der Waals surface area contributed by atoms with E-state index in [1.165, 1.54) is 21.8 Å². The van der Waals surface area contributed by atoms with Crippen molar-refractivity contribution in [3.63, 3.8) is 0 Å². The van der Waals surface area contributed by atoms with Crippen molar-refractivity contribution < 1.29 is 4.79 Å². The molecule has 0 bridgehead atoms. The first-order valence-electron chi connectivity index (χ1n) is 6.09. The van der Waals surface area contributed by atoms with E-state index in [0.29, 0.717) is 12.4 Å². The maximum absolute atomic E-state index is 12.0. The molecule has 1 aromatic heterocycles. The molecule has 0 radical (unpaired) electrons. The van der Waals surface area contributed by atoms with Gasteiger partial charge in [-0.05, 0) is 36.6 Å². The smallest absolute Gasteiger partial charge is 0.261 e. The summed E-state index contributed by atoms with van der Waals surface area (Å²) < 4.78 is 0. The van der Waals surface area contributed by atoms with E-state index in [1.807, 2.05) is 44.2 Å². The Balaban J connectivity index is 1.96. The molecule has 0 saturated heterocycles. The Morgan fingerprint density at radius 3 is 2.37 bits per heavy atom. The Morgan fingerprint density at radius 1 is 1.21 bits per heavy atom. The number of aryl methyl sites for hydroxylation is 2. The van der Waals surface area contributed by atoms with Crippen molar-refractivity contribution in [1.82, 2.24) is 5.32 Å². The minimum absolute atomic E-state index is 0.0115. The van der Waals surface area contributed by atoms with Crippen molar-refractivity contribution in [3.8, 4) is 0 Å². The van der Waals surface area contributed by atoms with Crippen LogP contribution < -0.4 is 5.32 Å². The maximum Gasteiger partial charge on any atom is 0.261 e. The van der Waals surface area contributed by atoms with Crippen molar-refractivity contribution in [2.75, 3.05) is 0 Å². The molecule has 0 aliphatic carbocycles. The fourth-order valence-corrected chi connectivity index (χ4v) is 2.83. The molecule has 0 spiro atoms. The van der Waals surface area contributed by atoms with Gasteiger partial charge in [-0.2, -0.15) is 0 Å². The molecule has 1 amide bonds. The summed E-state index contributed by atoms with van der Waals surface area (Å²) in [6.45, 7) is 4.59. The van der Waals surface area contributed by atoms with Crippen LogP contribution in [-0.2, 0) is 12.4 Å². The Kier molecular flexibility index (Phi) is 4.61. The molecule has 19 heavy (non-hydrogen) atoms. The van der Waals surface area contributed by atoms with Gasteiger partial charge in [0.15, 0.2) is 0 Å². The van der Waals surface area contributed by atoms with Crippen LogP contribution in [0.1, 0.15) is 31.2 Å². The van der Waals surface area contributed by atoms with Crippen molar-refractivity contribution in [2.24, 2.45) is 0 Å². The number of carbonyl (C=O) groups excluding carboxylic acids is 1. The highest BCUT2D eigenvalue weighted by Gasteiger charge is 2.09. The molecule has 2 aromatic rings. The molecule has 2 nitrogen and oxygen atoms in total. The lowest BCUT2D eigenvalue weighted by atomic mass is 10.1. The summed E-state index contributed by atoms with van der Waals surface area (Å²) in [5, 5.41) is 2.93. The summed E-state index contributed by atoms with van der Waals surface area (Å²) in [5.41, 5.74) is 3.33. The SMILES string of the molecule is Cc1cc(C(=O)NCc2ccc(CCl)cc2)sc1C. The van der Waals surface area contributed by atoms with E-state index in [1.54, 1.807) is 0 Å². The van der Waals surface area contributed by atoms with Crippen LogP contribution in [0, 0.1) is 13.8 Å². The van der Waals surface area contributed by atoms with E-state index in [9.17, 15) is 4.79 Å². The van der Waals surface area contributed by atoms with Crippen molar-refractivity contribution >= 4 is 28.8 Å². The van der Waals surface area contributed by atoms with E-state index in [2.05, 4.69) is 5.32 Å². The summed E-state index contributed by atoms with van der Waals surface area (Å²) in [6, 6.07) is 9.87. The lowest BCUT2D eigenvalue weighted by Crippen LogP contribution is -2.21. The van der Waals surface area contributed by atoms with E-state index in [4.69, 9.17) is 11.6 Å². The maximum atomic E-state index is 12.0. The minimum Gasteiger partial charge on any atom is -0.347 e. The Labute approximate surface area is 122 Å². The molecule has 0 aliphatic rings. The lowest BCUT2D eigenvalue weighted by molar-refractivity contribution is 0.0955. The number of thiophene rings is 1. The Morgan fingerprint density at radius 2 is 1.84 bits per heavy atom. The number of carbonyl (C=O) groups is 1. The van der Waals surface area contributed by atoms with Gasteiger partial charge in [0.05, 0.1) is 4.88 Å². The number of benzene rings is 1. The number of nitrogens with one attached hydrogen (secondary N) is 1. The topological polar surface area (TPSA) is 29.1 Å². The molecule has 0 fully saturated rings. The second-order valence-electron chi connectivity index (χ2n) is 4.48. The number of hydrogen-bond acceptors (Lipinski definition) is 2. The van der Waals surface area contributed by atoms with E-state index in [0.717, 1.165) is 16.0 Å². The monoisotopic (exact) mass is 293 g/mol. The predicted octanol–water partition coefficient (Wildman–Crippen LogP) is 4.03. The van der Waals surface area contributed by atoms with Gasteiger partial charge in [0.2, 0.25) is 0 Å². The molecule has 0 aliphatic heterocycles. The van der Waals surface area contributed by atoms with E-state index in [-0.39, 0.29) is 5.91 Å². The number of halogens is 1. The van der Waals surface area contributed by atoms with Gasteiger partial charge in [-0.15, -0.1) is 22.9 Å². The molecule has 0 atom stereocenters. The predicted molar refractivity (Wildman–Crippen MR) is 81.0 cm³/mol. The molecule has 4 heteroatoms. The largest absolute Gasteiger partial charge is 0.347 e. The molecular formula is C15H16ClNOS. The quantitative estimate of drug-likeness (QED) is 0.847. The van der Waals surface area contributed by atoms with Gasteiger partial charge in [-0.1, -0.05) is 24.3 Å². The van der Waals surface area contributed by atoms with Gasteiger partial charge in [0.1, 0.15) is 0 Å². The fraction of sp³-hybridized carbons (Fsp3) is 0.267. The van der Waals surface area contributed by atoms with Crippen molar-refractivity contribution in [1.29, 1.82) is 0 Å². The zero-order chi connectivity index (χ0) is 13.8. The Bertz CT molecular complexity index is 555. The van der Waals surface area contributed by atoms with Gasteiger partial charge in [-0.3, -0.25) is 4.79 Å². The van der Waals surface area contributed by atoms with Crippen molar-refractivity contribution in [3.05, 3.63) is 56.8 Å². The van der Waals surface area contributed by atoms with Crippen molar-refractivity contribution in [2.45, 2.75) is 26.3 Å². The van der Waals surface area contributed by atoms with Gasteiger partial charge < -0.3 is 5.32 Å². The molecule has 1 aromatic carbocycles. The highest BCUT2D eigenvalue weighted by atomic mass is 35.5. The van der Waals surface area contributed by atoms with Gasteiger partial charge in [-0.25, -0.2) is 0 Å². The van der Waals surface area contributed by atoms with Crippen LogP contribution in [0.15, 0.2) is 30.3 Å². The van der Waals surface area contributed by atoms with Crippen LogP contribution in [0.4, 0.5) is 0 Å². The molecule has 0 saturated carbocycles. The number of rotatable bonds is 4. The normalized spacial score (nSPS) is 10.5. The van der Waals surface area contributed by atoms with Gasteiger partial charge in [0.25, 0.3) is 5.91 Å². The van der Waals surface area contributed by atoms with Crippen LogP contribution in [0.25, 0.3) is 0 Å². The lowest BCUT2D eigenvalue weighted by Gasteiger charge is -2.04. The third kappa shape index (κ3) is 3.58. The summed E-state index contributed by atoms with van der Waals surface area (Å²) in [7, 11) is 0. The zero-order valence-electron chi connectivity index (χ0n) is 11.0. The molecule has 2 rings (SSSR count). The van der Waals surface area contributed by atoms with Gasteiger partial charge in [0, 0.05) is 17.3 Å². The number of amides is 1. The van der Waals surface area contributed by atoms with Crippen LogP contribution in [0.2, 0.25) is 0 Å². The molecule has 100 valence electrons. The fourth-order valence-electron chi connectivity index (χ4n) is 1.70. The molecular weight excluding hydrogens is 278 g/mol. The average molecular weight is 294 g/mol. The third-order valence-electron chi connectivity index (χ3n) is 3.02.